The number of H-pyrrole nitrogens is 1. The van der Waals surface area contributed by atoms with Gasteiger partial charge in [0.2, 0.25) is 0 Å². The van der Waals surface area contributed by atoms with Crippen molar-refractivity contribution in [1.82, 2.24) is 15.2 Å². The maximum Gasteiger partial charge on any atom is 0.253 e. The minimum atomic E-state index is -0.283. The molecule has 3 aromatic rings. The van der Waals surface area contributed by atoms with Crippen LogP contribution in [0.1, 0.15) is 30.9 Å². The zero-order valence-corrected chi connectivity index (χ0v) is 18.0. The van der Waals surface area contributed by atoms with Crippen LogP contribution in [0.3, 0.4) is 0 Å². The van der Waals surface area contributed by atoms with Crippen molar-refractivity contribution in [2.45, 2.75) is 32.9 Å². The predicted octanol–water partition coefficient (Wildman–Crippen LogP) is 4.35. The van der Waals surface area contributed by atoms with E-state index in [1.807, 2.05) is 29.2 Å². The van der Waals surface area contributed by atoms with Gasteiger partial charge < -0.3 is 19.9 Å². The van der Waals surface area contributed by atoms with Crippen LogP contribution in [0.25, 0.3) is 10.9 Å². The fourth-order valence-electron chi connectivity index (χ4n) is 3.17. The van der Waals surface area contributed by atoms with E-state index in [0.717, 1.165) is 41.6 Å². The summed E-state index contributed by atoms with van der Waals surface area (Å²) in [5.74, 6) is 0.439. The summed E-state index contributed by atoms with van der Waals surface area (Å²) in [5.41, 5.74) is 2.10. The maximum atomic E-state index is 13.3. The van der Waals surface area contributed by atoms with Crippen LogP contribution < -0.4 is 15.6 Å². The summed E-state index contributed by atoms with van der Waals surface area (Å²) in [6, 6.07) is 13.7. The van der Waals surface area contributed by atoms with Crippen LogP contribution >= 0.6 is 12.2 Å². The molecule has 2 aromatic carbocycles. The molecule has 0 amide bonds. The van der Waals surface area contributed by atoms with E-state index >= 15 is 0 Å². The smallest absolute Gasteiger partial charge is 0.253 e. The first-order chi connectivity index (χ1) is 14.5. The van der Waals surface area contributed by atoms with Gasteiger partial charge in [-0.3, -0.25) is 4.79 Å². The van der Waals surface area contributed by atoms with Gasteiger partial charge in [0.15, 0.2) is 5.11 Å². The number of thiocarbonyl (C=S) groups is 1. The summed E-state index contributed by atoms with van der Waals surface area (Å²) >= 11 is 5.60. The molecule has 30 heavy (non-hydrogen) atoms. The van der Waals surface area contributed by atoms with Crippen LogP contribution in [0.5, 0.6) is 5.75 Å². The fraction of sp³-hybridized carbons (Fsp3) is 0.304. The molecule has 0 radical (unpaired) electrons. The number of ether oxygens (including phenoxy) is 1. The Morgan fingerprint density at radius 1 is 1.17 bits per heavy atom. The quantitative estimate of drug-likeness (QED) is 0.413. The molecule has 0 bridgehead atoms. The molecule has 1 aromatic heterocycles. The Morgan fingerprint density at radius 3 is 2.63 bits per heavy atom. The minimum Gasteiger partial charge on any atom is -0.497 e. The zero-order valence-electron chi connectivity index (χ0n) is 17.2. The summed E-state index contributed by atoms with van der Waals surface area (Å²) < 4.78 is 18.6. The van der Waals surface area contributed by atoms with Gasteiger partial charge in [-0.05, 0) is 60.6 Å². The third-order valence-electron chi connectivity index (χ3n) is 4.87. The molecular weight excluding hydrogens is 401 g/mol. The first-order valence-electron chi connectivity index (χ1n) is 9.97. The highest BCUT2D eigenvalue weighted by molar-refractivity contribution is 7.80. The molecule has 0 aliphatic carbocycles. The number of hydrogen-bond donors (Lipinski definition) is 2. The molecule has 0 fully saturated rings. The maximum absolute atomic E-state index is 13.3. The first-order valence-corrected chi connectivity index (χ1v) is 10.4. The molecule has 0 unspecified atom stereocenters. The monoisotopic (exact) mass is 427 g/mol. The van der Waals surface area contributed by atoms with Crippen molar-refractivity contribution < 1.29 is 9.13 Å². The molecule has 0 spiro atoms. The van der Waals surface area contributed by atoms with Crippen molar-refractivity contribution in [3.05, 3.63) is 75.8 Å². The molecule has 0 saturated heterocycles. The highest BCUT2D eigenvalue weighted by atomic mass is 32.1. The largest absolute Gasteiger partial charge is 0.497 e. The third-order valence-corrected chi connectivity index (χ3v) is 5.27. The average molecular weight is 428 g/mol. The lowest BCUT2D eigenvalue weighted by Crippen LogP contribution is -2.40. The summed E-state index contributed by atoms with van der Waals surface area (Å²) in [6.07, 6.45) is 2.06. The lowest BCUT2D eigenvalue weighted by molar-refractivity contribution is 0.396. The second-order valence-corrected chi connectivity index (χ2v) is 7.53. The highest BCUT2D eigenvalue weighted by Crippen LogP contribution is 2.19. The number of halogens is 1. The molecule has 2 N–H and O–H groups in total. The summed E-state index contributed by atoms with van der Waals surface area (Å²) in [4.78, 5) is 17.5. The van der Waals surface area contributed by atoms with E-state index in [4.69, 9.17) is 17.0 Å². The van der Waals surface area contributed by atoms with E-state index in [2.05, 4.69) is 17.2 Å². The Hall–Kier alpha value is -2.93. The van der Waals surface area contributed by atoms with E-state index in [0.29, 0.717) is 23.8 Å². The van der Waals surface area contributed by atoms with Crippen LogP contribution in [-0.4, -0.2) is 28.7 Å². The van der Waals surface area contributed by atoms with Crippen molar-refractivity contribution >= 4 is 28.2 Å². The summed E-state index contributed by atoms with van der Waals surface area (Å²) in [5, 5.41) is 4.71. The summed E-state index contributed by atoms with van der Waals surface area (Å²) in [6.45, 7) is 3.68. The topological polar surface area (TPSA) is 57.4 Å². The number of methoxy groups -OCH3 is 1. The molecule has 0 saturated carbocycles. The number of rotatable bonds is 8. The zero-order chi connectivity index (χ0) is 21.5. The number of nitrogens with zero attached hydrogens (tertiary/aromatic N) is 1. The number of pyridine rings is 1. The van der Waals surface area contributed by atoms with Gasteiger partial charge in [0.25, 0.3) is 5.56 Å². The van der Waals surface area contributed by atoms with Gasteiger partial charge in [-0.15, -0.1) is 0 Å². The number of unbranched alkanes of at least 4 members (excludes halogenated alkanes) is 1. The standard InChI is InChI=1S/C23H26FN3O2S/c1-3-4-11-25-23(30)27(14-16-5-7-19(24)8-6-16)15-18-12-17-13-20(29-2)9-10-21(17)26-22(18)28/h5-10,12-13H,3-4,11,14-15H2,1-2H3,(H,25,30)(H,26,28). The second kappa shape index (κ2) is 10.2. The van der Waals surface area contributed by atoms with Gasteiger partial charge in [-0.1, -0.05) is 25.5 Å². The lowest BCUT2D eigenvalue weighted by Gasteiger charge is -2.26. The second-order valence-electron chi connectivity index (χ2n) is 7.14. The van der Waals surface area contributed by atoms with Crippen LogP contribution in [0.4, 0.5) is 4.39 Å². The molecule has 0 aliphatic rings. The van der Waals surface area contributed by atoms with Gasteiger partial charge >= 0.3 is 0 Å². The number of aromatic nitrogens is 1. The number of nitrogens with one attached hydrogen (secondary N) is 2. The van der Waals surface area contributed by atoms with E-state index in [9.17, 15) is 9.18 Å². The van der Waals surface area contributed by atoms with Gasteiger partial charge in [0.1, 0.15) is 11.6 Å². The molecule has 5 nitrogen and oxygen atoms in total. The lowest BCUT2D eigenvalue weighted by atomic mass is 10.1. The Bertz CT molecular complexity index is 1070. The first kappa shape index (κ1) is 21.8. The number of benzene rings is 2. The Labute approximate surface area is 180 Å². The van der Waals surface area contributed by atoms with Crippen LogP contribution in [0.2, 0.25) is 0 Å². The van der Waals surface area contributed by atoms with Crippen LogP contribution in [0, 0.1) is 5.82 Å². The van der Waals surface area contributed by atoms with E-state index in [1.165, 1.54) is 12.1 Å². The molecular formula is C23H26FN3O2S. The number of aromatic amines is 1. The van der Waals surface area contributed by atoms with Crippen molar-refractivity contribution in [3.63, 3.8) is 0 Å². The Balaban J connectivity index is 1.88. The van der Waals surface area contributed by atoms with E-state index in [1.54, 1.807) is 19.2 Å². The number of hydrogen-bond acceptors (Lipinski definition) is 3. The van der Waals surface area contributed by atoms with E-state index in [-0.39, 0.29) is 11.4 Å². The van der Waals surface area contributed by atoms with Gasteiger partial charge in [-0.25, -0.2) is 4.39 Å². The van der Waals surface area contributed by atoms with Crippen molar-refractivity contribution in [3.8, 4) is 5.75 Å². The van der Waals surface area contributed by atoms with Gasteiger partial charge in [0.05, 0.1) is 13.7 Å². The van der Waals surface area contributed by atoms with Crippen LogP contribution in [0.15, 0.2) is 53.3 Å². The van der Waals surface area contributed by atoms with Crippen LogP contribution in [-0.2, 0) is 13.1 Å². The van der Waals surface area contributed by atoms with Crippen molar-refractivity contribution in [2.75, 3.05) is 13.7 Å². The molecule has 7 heteroatoms. The molecule has 0 atom stereocenters. The van der Waals surface area contributed by atoms with Crippen molar-refractivity contribution in [2.24, 2.45) is 0 Å². The molecule has 3 rings (SSSR count). The van der Waals surface area contributed by atoms with Crippen molar-refractivity contribution in [1.29, 1.82) is 0 Å². The minimum absolute atomic E-state index is 0.159. The van der Waals surface area contributed by atoms with Gasteiger partial charge in [0, 0.05) is 29.6 Å². The third kappa shape index (κ3) is 5.57. The normalized spacial score (nSPS) is 10.8. The van der Waals surface area contributed by atoms with Gasteiger partial charge in [-0.2, -0.15) is 0 Å². The summed E-state index contributed by atoms with van der Waals surface area (Å²) in [7, 11) is 1.61. The highest BCUT2D eigenvalue weighted by Gasteiger charge is 2.14. The molecule has 158 valence electrons. The molecule has 0 aliphatic heterocycles. The average Bonchev–Trinajstić information content (AvgIpc) is 2.75. The predicted molar refractivity (Wildman–Crippen MR) is 122 cm³/mol. The Morgan fingerprint density at radius 2 is 1.93 bits per heavy atom. The fourth-order valence-corrected chi connectivity index (χ4v) is 3.40. The Kier molecular flexibility index (Phi) is 7.41. The molecule has 1 heterocycles. The van der Waals surface area contributed by atoms with E-state index < -0.39 is 0 Å². The number of fused-ring (bicyclic) bond motifs is 1. The SMILES string of the molecule is CCCCNC(=S)N(Cc1ccc(F)cc1)Cc1cc2cc(OC)ccc2[nH]c1=O.